The van der Waals surface area contributed by atoms with Crippen molar-refractivity contribution in [3.8, 4) is 5.75 Å². The fourth-order valence-corrected chi connectivity index (χ4v) is 4.06. The van der Waals surface area contributed by atoms with Crippen molar-refractivity contribution >= 4 is 22.8 Å². The number of para-hydroxylation sites is 1. The van der Waals surface area contributed by atoms with Crippen LogP contribution in [0.2, 0.25) is 0 Å². The number of furan rings is 2. The van der Waals surface area contributed by atoms with Crippen LogP contribution in [0.5, 0.6) is 5.75 Å². The Labute approximate surface area is 212 Å². The van der Waals surface area contributed by atoms with Gasteiger partial charge in [-0.25, -0.2) is 4.68 Å². The Balaban J connectivity index is 1.47. The molecule has 0 aliphatic heterocycles. The van der Waals surface area contributed by atoms with Crippen molar-refractivity contribution in [3.63, 3.8) is 0 Å². The largest absolute Gasteiger partial charge is 0.497 e. The zero-order chi connectivity index (χ0) is 25.6. The van der Waals surface area contributed by atoms with Crippen molar-refractivity contribution in [2.45, 2.75) is 25.7 Å². The number of carbonyl (C=O) groups excluding carboxylic acids is 2. The van der Waals surface area contributed by atoms with Gasteiger partial charge in [0.05, 0.1) is 31.7 Å². The van der Waals surface area contributed by atoms with Gasteiger partial charge in [-0.05, 0) is 54.1 Å². The first-order chi connectivity index (χ1) is 18.1. The molecule has 1 N–H and O–H groups in total. The standard InChI is InChI=1S/C27H25N5O5/c1-35-20-12-10-19(11-13-20)17-31(25(33)18-32-23-8-3-2-7-22(23)29-30-32)26(24-9-5-15-37-24)27(34)28-16-21-6-4-14-36-21/h2-15,26H,16-18H2,1H3,(H,28,34). The SMILES string of the molecule is COc1ccc(CN(C(=O)Cn2nnc3ccccc32)C(C(=O)NCc2ccco2)c2ccco2)cc1. The zero-order valence-electron chi connectivity index (χ0n) is 20.1. The third-order valence-electron chi connectivity index (χ3n) is 5.93. The van der Waals surface area contributed by atoms with Crippen LogP contribution in [0.3, 0.4) is 0 Å². The van der Waals surface area contributed by atoms with E-state index in [1.165, 1.54) is 22.1 Å². The average Bonchev–Trinajstić information content (AvgIpc) is 3.71. The summed E-state index contributed by atoms with van der Waals surface area (Å²) in [6.07, 6.45) is 3.01. The molecule has 10 nitrogen and oxygen atoms in total. The number of hydrogen-bond acceptors (Lipinski definition) is 7. The van der Waals surface area contributed by atoms with Crippen LogP contribution < -0.4 is 10.1 Å². The van der Waals surface area contributed by atoms with Crippen molar-refractivity contribution in [2.24, 2.45) is 0 Å². The Morgan fingerprint density at radius 3 is 2.51 bits per heavy atom. The van der Waals surface area contributed by atoms with Crippen LogP contribution in [0, 0.1) is 0 Å². The summed E-state index contributed by atoms with van der Waals surface area (Å²) >= 11 is 0. The Morgan fingerprint density at radius 1 is 1.00 bits per heavy atom. The van der Waals surface area contributed by atoms with Gasteiger partial charge in [-0.3, -0.25) is 9.59 Å². The molecule has 2 amide bonds. The van der Waals surface area contributed by atoms with E-state index >= 15 is 0 Å². The number of hydrogen-bond donors (Lipinski definition) is 1. The predicted molar refractivity (Wildman–Crippen MR) is 133 cm³/mol. The Morgan fingerprint density at radius 2 is 1.78 bits per heavy atom. The Kier molecular flexibility index (Phi) is 6.98. The minimum absolute atomic E-state index is 0.112. The van der Waals surface area contributed by atoms with Gasteiger partial charge in [0.2, 0.25) is 5.91 Å². The topological polar surface area (TPSA) is 116 Å². The number of aromatic nitrogens is 3. The highest BCUT2D eigenvalue weighted by molar-refractivity contribution is 5.88. The predicted octanol–water partition coefficient (Wildman–Crippen LogP) is 3.71. The smallest absolute Gasteiger partial charge is 0.251 e. The van der Waals surface area contributed by atoms with Gasteiger partial charge in [0.15, 0.2) is 6.04 Å². The summed E-state index contributed by atoms with van der Waals surface area (Å²) in [4.78, 5) is 28.8. The molecule has 10 heteroatoms. The molecule has 0 aliphatic carbocycles. The summed E-state index contributed by atoms with van der Waals surface area (Å²) in [5.74, 6) is 0.878. The highest BCUT2D eigenvalue weighted by Gasteiger charge is 2.34. The van der Waals surface area contributed by atoms with E-state index in [1.807, 2.05) is 48.5 Å². The second-order valence-electron chi connectivity index (χ2n) is 8.32. The maximum Gasteiger partial charge on any atom is 0.251 e. The summed E-state index contributed by atoms with van der Waals surface area (Å²) in [6.45, 7) is 0.204. The molecule has 0 radical (unpaired) electrons. The van der Waals surface area contributed by atoms with E-state index in [2.05, 4.69) is 15.6 Å². The zero-order valence-corrected chi connectivity index (χ0v) is 20.1. The van der Waals surface area contributed by atoms with Gasteiger partial charge in [-0.1, -0.05) is 29.5 Å². The van der Waals surface area contributed by atoms with Crippen LogP contribution in [0.4, 0.5) is 0 Å². The van der Waals surface area contributed by atoms with Crippen molar-refractivity contribution in [1.29, 1.82) is 0 Å². The monoisotopic (exact) mass is 499 g/mol. The molecule has 3 aromatic heterocycles. The van der Waals surface area contributed by atoms with Crippen LogP contribution in [0.25, 0.3) is 11.0 Å². The normalized spacial score (nSPS) is 11.8. The summed E-state index contributed by atoms with van der Waals surface area (Å²) < 4.78 is 17.8. The molecule has 188 valence electrons. The first-order valence-electron chi connectivity index (χ1n) is 11.7. The second kappa shape index (κ2) is 10.8. The third kappa shape index (κ3) is 5.37. The van der Waals surface area contributed by atoms with Gasteiger partial charge in [0.1, 0.15) is 29.3 Å². The fourth-order valence-electron chi connectivity index (χ4n) is 4.06. The molecular weight excluding hydrogens is 474 g/mol. The van der Waals surface area contributed by atoms with E-state index in [9.17, 15) is 9.59 Å². The van der Waals surface area contributed by atoms with Gasteiger partial charge in [-0.2, -0.15) is 0 Å². The van der Waals surface area contributed by atoms with Gasteiger partial charge in [-0.15, -0.1) is 5.10 Å². The molecule has 5 aromatic rings. The molecule has 0 spiro atoms. The van der Waals surface area contributed by atoms with E-state index in [-0.39, 0.29) is 25.5 Å². The van der Waals surface area contributed by atoms with Crippen LogP contribution in [0.15, 0.2) is 94.2 Å². The first-order valence-corrected chi connectivity index (χ1v) is 11.7. The molecule has 2 aromatic carbocycles. The first kappa shape index (κ1) is 23.9. The maximum absolute atomic E-state index is 13.8. The van der Waals surface area contributed by atoms with Gasteiger partial charge in [0.25, 0.3) is 5.91 Å². The number of benzene rings is 2. The second-order valence-corrected chi connectivity index (χ2v) is 8.32. The Bertz CT molecular complexity index is 1460. The lowest BCUT2D eigenvalue weighted by atomic mass is 10.1. The highest BCUT2D eigenvalue weighted by atomic mass is 16.5. The third-order valence-corrected chi connectivity index (χ3v) is 5.93. The van der Waals surface area contributed by atoms with Gasteiger partial charge >= 0.3 is 0 Å². The molecule has 0 bridgehead atoms. The molecule has 0 saturated carbocycles. The van der Waals surface area contributed by atoms with Crippen molar-refractivity contribution in [3.05, 3.63) is 102 Å². The fraction of sp³-hybridized carbons (Fsp3) is 0.185. The van der Waals surface area contributed by atoms with E-state index in [1.54, 1.807) is 31.4 Å². The van der Waals surface area contributed by atoms with Crippen LogP contribution in [-0.2, 0) is 29.2 Å². The number of amides is 2. The molecule has 0 fully saturated rings. The molecule has 5 rings (SSSR count). The van der Waals surface area contributed by atoms with Gasteiger partial charge in [0, 0.05) is 6.54 Å². The Hall–Kier alpha value is -4.86. The maximum atomic E-state index is 13.8. The minimum atomic E-state index is -1.03. The average molecular weight is 500 g/mol. The number of nitrogens with zero attached hydrogens (tertiary/aromatic N) is 4. The lowest BCUT2D eigenvalue weighted by Gasteiger charge is -2.30. The lowest BCUT2D eigenvalue weighted by molar-refractivity contribution is -0.143. The van der Waals surface area contributed by atoms with Gasteiger partial charge < -0.3 is 23.8 Å². The van der Waals surface area contributed by atoms with Crippen molar-refractivity contribution in [1.82, 2.24) is 25.2 Å². The quantitative estimate of drug-likeness (QED) is 0.311. The summed E-state index contributed by atoms with van der Waals surface area (Å²) in [7, 11) is 1.59. The molecular formula is C27H25N5O5. The number of ether oxygens (including phenoxy) is 1. The van der Waals surface area contributed by atoms with E-state index in [0.29, 0.717) is 22.8 Å². The lowest BCUT2D eigenvalue weighted by Crippen LogP contribution is -2.44. The molecule has 1 atom stereocenters. The number of nitrogens with one attached hydrogen (secondary N) is 1. The van der Waals surface area contributed by atoms with Crippen molar-refractivity contribution in [2.75, 3.05) is 7.11 Å². The van der Waals surface area contributed by atoms with Crippen LogP contribution in [-0.4, -0.2) is 38.8 Å². The molecule has 0 aliphatic rings. The van der Waals surface area contributed by atoms with Crippen LogP contribution in [0.1, 0.15) is 23.1 Å². The van der Waals surface area contributed by atoms with E-state index in [0.717, 1.165) is 11.1 Å². The number of fused-ring (bicyclic) bond motifs is 1. The molecule has 1 unspecified atom stereocenters. The number of carbonyl (C=O) groups is 2. The molecule has 3 heterocycles. The van der Waals surface area contributed by atoms with Crippen molar-refractivity contribution < 1.29 is 23.2 Å². The molecule has 0 saturated heterocycles. The number of rotatable bonds is 10. The summed E-state index contributed by atoms with van der Waals surface area (Å²) in [5, 5.41) is 11.2. The summed E-state index contributed by atoms with van der Waals surface area (Å²) in [5.41, 5.74) is 2.21. The molecule has 37 heavy (non-hydrogen) atoms. The van der Waals surface area contributed by atoms with Crippen LogP contribution >= 0.6 is 0 Å². The van der Waals surface area contributed by atoms with E-state index in [4.69, 9.17) is 13.6 Å². The minimum Gasteiger partial charge on any atom is -0.497 e. The highest BCUT2D eigenvalue weighted by Crippen LogP contribution is 2.26. The van der Waals surface area contributed by atoms with E-state index < -0.39 is 11.9 Å². The number of methoxy groups -OCH3 is 1. The summed E-state index contributed by atoms with van der Waals surface area (Å²) in [6, 6.07) is 20.5.